The van der Waals surface area contributed by atoms with Crippen LogP contribution in [0.2, 0.25) is 0 Å². The average molecular weight is 343 g/mol. The van der Waals surface area contributed by atoms with E-state index in [1.165, 1.54) is 6.07 Å². The Labute approximate surface area is 138 Å². The summed E-state index contributed by atoms with van der Waals surface area (Å²) in [6.07, 6.45) is -7.48. The van der Waals surface area contributed by atoms with E-state index in [1.807, 2.05) is 0 Å². The smallest absolute Gasteiger partial charge is 0.434 e. The van der Waals surface area contributed by atoms with Gasteiger partial charge in [-0.05, 0) is 19.1 Å². The Bertz CT molecular complexity index is 552. The van der Waals surface area contributed by atoms with Crippen molar-refractivity contribution in [2.75, 3.05) is 18.5 Å². The van der Waals surface area contributed by atoms with Gasteiger partial charge in [0, 0.05) is 0 Å². The van der Waals surface area contributed by atoms with Crippen molar-refractivity contribution < 1.29 is 39.4 Å². The van der Waals surface area contributed by atoms with Crippen molar-refractivity contribution in [1.29, 1.82) is 0 Å². The van der Waals surface area contributed by atoms with E-state index in [4.69, 9.17) is 14.2 Å². The molecule has 0 bridgehead atoms. The van der Waals surface area contributed by atoms with Gasteiger partial charge in [-0.3, -0.25) is 0 Å². The molecule has 24 heavy (non-hydrogen) atoms. The highest BCUT2D eigenvalue weighted by molar-refractivity contribution is 5.68. The average Bonchev–Trinajstić information content (AvgIpc) is 2.57. The molecule has 2 rings (SSSR count). The number of carbonyl (C=O) groups is 1. The van der Waals surface area contributed by atoms with Crippen molar-refractivity contribution >= 4 is 11.8 Å². The molecule has 9 nitrogen and oxygen atoms in total. The molecule has 1 heterocycles. The number of carbonyl (C=O) groups excluding carboxylic acids is 1. The number of hydrogen-bond acceptors (Lipinski definition) is 9. The Morgan fingerprint density at radius 1 is 1.21 bits per heavy atom. The summed E-state index contributed by atoms with van der Waals surface area (Å²) in [5.41, 5.74) is 0.301. The van der Waals surface area contributed by atoms with Gasteiger partial charge in [-0.25, -0.2) is 4.79 Å². The van der Waals surface area contributed by atoms with Crippen LogP contribution in [0.5, 0.6) is 5.75 Å². The van der Waals surface area contributed by atoms with Gasteiger partial charge in [-0.2, -0.15) is 0 Å². The zero-order valence-electron chi connectivity index (χ0n) is 13.0. The van der Waals surface area contributed by atoms with Gasteiger partial charge in [0.1, 0.15) is 24.4 Å². The van der Waals surface area contributed by atoms with Gasteiger partial charge in [0.25, 0.3) is 0 Å². The summed E-state index contributed by atoms with van der Waals surface area (Å²) in [5.74, 6) is 0.132. The fourth-order valence-electron chi connectivity index (χ4n) is 2.29. The van der Waals surface area contributed by atoms with E-state index >= 15 is 0 Å². The zero-order chi connectivity index (χ0) is 17.7. The van der Waals surface area contributed by atoms with E-state index in [0.29, 0.717) is 5.69 Å². The van der Waals surface area contributed by atoms with Crippen molar-refractivity contribution in [3.05, 3.63) is 24.3 Å². The molecule has 0 unspecified atom stereocenters. The summed E-state index contributed by atoms with van der Waals surface area (Å²) in [6, 6.07) is 6.36. The van der Waals surface area contributed by atoms with E-state index < -0.39 is 43.4 Å². The monoisotopic (exact) mass is 343 g/mol. The minimum absolute atomic E-state index is 0.132. The number of rotatable bonds is 5. The summed E-state index contributed by atoms with van der Waals surface area (Å²) in [4.78, 5) is 11.5. The fourth-order valence-corrected chi connectivity index (χ4v) is 2.29. The number of aliphatic hydroxyl groups is 4. The number of nitrogens with one attached hydrogen (secondary N) is 1. The van der Waals surface area contributed by atoms with Crippen LogP contribution in [0.15, 0.2) is 24.3 Å². The van der Waals surface area contributed by atoms with Crippen LogP contribution in [-0.2, 0) is 9.47 Å². The lowest BCUT2D eigenvalue weighted by Crippen LogP contribution is -2.60. The molecule has 1 aromatic carbocycles. The summed E-state index contributed by atoms with van der Waals surface area (Å²) >= 11 is 0. The molecule has 1 aliphatic rings. The lowest BCUT2D eigenvalue weighted by molar-refractivity contribution is -0.221. The van der Waals surface area contributed by atoms with Gasteiger partial charge in [0.05, 0.1) is 18.9 Å². The topological polar surface area (TPSA) is 138 Å². The minimum Gasteiger partial charge on any atom is -0.434 e. The molecule has 0 aromatic heterocycles. The molecule has 9 heteroatoms. The van der Waals surface area contributed by atoms with Crippen LogP contribution in [0.4, 0.5) is 10.5 Å². The predicted molar refractivity (Wildman–Crippen MR) is 81.5 cm³/mol. The number of aliphatic hydroxyl groups excluding tert-OH is 4. The standard InChI is InChI=1S/C15H21NO8/c1-2-22-15(21)24-9-6-4-3-5-8(9)16-14-13(20)12(19)11(18)10(7-17)23-14/h3-6,10-14,16-20H,2,7H2,1H3/t10-,11-,12+,13-,14-/m1/s1. The molecule has 1 fully saturated rings. The second-order valence-corrected chi connectivity index (χ2v) is 5.18. The lowest BCUT2D eigenvalue weighted by Gasteiger charge is -2.40. The first-order valence-electron chi connectivity index (χ1n) is 7.48. The molecule has 5 atom stereocenters. The maximum atomic E-state index is 11.5. The van der Waals surface area contributed by atoms with E-state index in [-0.39, 0.29) is 12.4 Å². The Balaban J connectivity index is 2.13. The quantitative estimate of drug-likeness (QED) is 0.351. The Morgan fingerprint density at radius 2 is 1.92 bits per heavy atom. The van der Waals surface area contributed by atoms with Gasteiger partial charge < -0.3 is 40.0 Å². The van der Waals surface area contributed by atoms with Crippen LogP contribution in [0.1, 0.15) is 6.92 Å². The van der Waals surface area contributed by atoms with Crippen molar-refractivity contribution in [2.45, 2.75) is 37.6 Å². The third-order valence-corrected chi connectivity index (χ3v) is 3.53. The summed E-state index contributed by atoms with van der Waals surface area (Å²) < 4.78 is 15.1. The number of benzene rings is 1. The molecule has 1 aromatic rings. The maximum Gasteiger partial charge on any atom is 0.513 e. The molecular formula is C15H21NO8. The van der Waals surface area contributed by atoms with Gasteiger partial charge >= 0.3 is 6.16 Å². The van der Waals surface area contributed by atoms with Crippen molar-refractivity contribution in [3.63, 3.8) is 0 Å². The van der Waals surface area contributed by atoms with Crippen molar-refractivity contribution in [3.8, 4) is 5.75 Å². The number of hydrogen-bond donors (Lipinski definition) is 5. The number of anilines is 1. The summed E-state index contributed by atoms with van der Waals surface area (Å²) in [7, 11) is 0. The molecule has 0 aliphatic carbocycles. The minimum atomic E-state index is -1.51. The second kappa shape index (κ2) is 8.27. The van der Waals surface area contributed by atoms with Crippen LogP contribution in [0.3, 0.4) is 0 Å². The zero-order valence-corrected chi connectivity index (χ0v) is 13.0. The maximum absolute atomic E-state index is 11.5. The van der Waals surface area contributed by atoms with E-state index in [1.54, 1.807) is 25.1 Å². The molecule has 0 radical (unpaired) electrons. The highest BCUT2D eigenvalue weighted by Gasteiger charge is 2.43. The molecule has 5 N–H and O–H groups in total. The van der Waals surface area contributed by atoms with Gasteiger partial charge in [0.15, 0.2) is 12.0 Å². The molecule has 134 valence electrons. The molecular weight excluding hydrogens is 322 g/mol. The van der Waals surface area contributed by atoms with Crippen LogP contribution in [0, 0.1) is 0 Å². The highest BCUT2D eigenvalue weighted by Crippen LogP contribution is 2.28. The molecule has 1 saturated heterocycles. The summed E-state index contributed by atoms with van der Waals surface area (Å²) in [5, 5.41) is 41.6. The Hall–Kier alpha value is -1.91. The van der Waals surface area contributed by atoms with E-state index in [9.17, 15) is 25.2 Å². The molecule has 1 aliphatic heterocycles. The molecule has 0 amide bonds. The molecule has 0 spiro atoms. The number of ether oxygens (including phenoxy) is 3. The first kappa shape index (κ1) is 18.4. The first-order valence-corrected chi connectivity index (χ1v) is 7.48. The van der Waals surface area contributed by atoms with Crippen LogP contribution < -0.4 is 10.1 Å². The van der Waals surface area contributed by atoms with Crippen molar-refractivity contribution in [2.24, 2.45) is 0 Å². The van der Waals surface area contributed by atoms with E-state index in [0.717, 1.165) is 0 Å². The predicted octanol–water partition coefficient (Wildman–Crippen LogP) is -0.566. The van der Waals surface area contributed by atoms with Gasteiger partial charge in [0.2, 0.25) is 0 Å². The highest BCUT2D eigenvalue weighted by atomic mass is 16.7. The molecule has 0 saturated carbocycles. The SMILES string of the molecule is CCOC(=O)Oc1ccccc1N[C@@H]1O[C@H](CO)[C@@H](O)[C@H](O)[C@H]1O. The normalized spacial score (nSPS) is 29.8. The van der Waals surface area contributed by atoms with Gasteiger partial charge in [-0.1, -0.05) is 12.1 Å². The first-order chi connectivity index (χ1) is 11.5. The van der Waals surface area contributed by atoms with Crippen molar-refractivity contribution in [1.82, 2.24) is 0 Å². The largest absolute Gasteiger partial charge is 0.513 e. The summed E-state index contributed by atoms with van der Waals surface area (Å²) in [6.45, 7) is 1.25. The number of para-hydroxylation sites is 2. The third kappa shape index (κ3) is 4.13. The van der Waals surface area contributed by atoms with E-state index in [2.05, 4.69) is 5.32 Å². The van der Waals surface area contributed by atoms with Crippen LogP contribution >= 0.6 is 0 Å². The van der Waals surface area contributed by atoms with Crippen LogP contribution in [0.25, 0.3) is 0 Å². The van der Waals surface area contributed by atoms with Crippen LogP contribution in [-0.4, -0.2) is 70.4 Å². The Kier molecular flexibility index (Phi) is 6.35. The third-order valence-electron chi connectivity index (χ3n) is 3.53. The lowest BCUT2D eigenvalue weighted by atomic mass is 9.98. The second-order valence-electron chi connectivity index (χ2n) is 5.18. The Morgan fingerprint density at radius 3 is 2.58 bits per heavy atom. The van der Waals surface area contributed by atoms with Gasteiger partial charge in [-0.15, -0.1) is 0 Å². The fraction of sp³-hybridized carbons (Fsp3) is 0.533.